The molecule has 3 heterocycles. The van der Waals surface area contributed by atoms with Crippen LogP contribution >= 0.6 is 0 Å². The second kappa shape index (κ2) is 6.31. The molecule has 1 N–H and O–H groups in total. The monoisotopic (exact) mass is 375 g/mol. The van der Waals surface area contributed by atoms with E-state index in [2.05, 4.69) is 0 Å². The fourth-order valence-corrected chi connectivity index (χ4v) is 5.08. The molecule has 2 bridgehead atoms. The molecule has 2 fully saturated rings. The van der Waals surface area contributed by atoms with E-state index in [0.29, 0.717) is 13.0 Å². The normalized spacial score (nSPS) is 32.7. The van der Waals surface area contributed by atoms with E-state index in [0.717, 1.165) is 11.1 Å². The van der Waals surface area contributed by atoms with Gasteiger partial charge in [0.1, 0.15) is 11.5 Å². The number of likely N-dealkylation sites (tertiary alicyclic amines) is 1. The largest absolute Gasteiger partial charge is 0.481 e. The lowest BCUT2D eigenvalue weighted by atomic mass is 9.74. The van der Waals surface area contributed by atoms with E-state index in [-0.39, 0.29) is 11.9 Å². The summed E-state index contributed by atoms with van der Waals surface area (Å²) >= 11 is 0. The maximum absolute atomic E-state index is 13.4. The van der Waals surface area contributed by atoms with Crippen molar-refractivity contribution in [1.29, 1.82) is 0 Å². The second-order valence-corrected chi connectivity index (χ2v) is 7.79. The molecule has 0 saturated carbocycles. The number of aliphatic carboxylic acids is 1. The zero-order valence-electron chi connectivity index (χ0n) is 15.3. The Morgan fingerprint density at radius 1 is 1.04 bits per heavy atom. The summed E-state index contributed by atoms with van der Waals surface area (Å²) in [4.78, 5) is 27.2. The van der Waals surface area contributed by atoms with Crippen molar-refractivity contribution in [3.05, 3.63) is 83.9 Å². The lowest BCUT2D eigenvalue weighted by Gasteiger charge is -2.33. The van der Waals surface area contributed by atoms with Crippen molar-refractivity contribution in [3.63, 3.8) is 0 Å². The van der Waals surface area contributed by atoms with E-state index in [1.54, 1.807) is 0 Å². The van der Waals surface area contributed by atoms with Crippen LogP contribution < -0.4 is 0 Å². The Balaban J connectivity index is 1.56. The summed E-state index contributed by atoms with van der Waals surface area (Å²) in [6.07, 6.45) is 3.87. The number of hydrogen-bond donors (Lipinski definition) is 1. The maximum Gasteiger partial charge on any atom is 0.310 e. The van der Waals surface area contributed by atoms with Gasteiger partial charge in [0, 0.05) is 6.54 Å². The number of hydrogen-bond acceptors (Lipinski definition) is 3. The number of ether oxygens (including phenoxy) is 1. The van der Waals surface area contributed by atoms with Gasteiger partial charge in [-0.05, 0) is 17.5 Å². The number of nitrogens with zero attached hydrogens (tertiary/aromatic N) is 1. The lowest BCUT2D eigenvalue weighted by molar-refractivity contribution is -0.148. The number of carboxylic acids is 1. The summed E-state index contributed by atoms with van der Waals surface area (Å²) in [6.45, 7) is 0.448. The molecule has 3 aliphatic rings. The first-order valence-electron chi connectivity index (χ1n) is 9.58. The topological polar surface area (TPSA) is 66.8 Å². The second-order valence-electron chi connectivity index (χ2n) is 7.79. The summed E-state index contributed by atoms with van der Waals surface area (Å²) in [5.74, 6) is -2.58. The van der Waals surface area contributed by atoms with Gasteiger partial charge in [-0.2, -0.15) is 0 Å². The molecule has 142 valence electrons. The van der Waals surface area contributed by atoms with Crippen molar-refractivity contribution in [2.45, 2.75) is 30.7 Å². The van der Waals surface area contributed by atoms with Crippen LogP contribution in [0.15, 0.2) is 72.8 Å². The SMILES string of the molecule is O=C(O)C1[C@H]2C=CC3(O2)C(Cc2ccccc2)N(Cc2ccccc2)C(=O)[C@@H]13. The number of rotatable bonds is 5. The number of benzene rings is 2. The van der Waals surface area contributed by atoms with E-state index in [1.165, 1.54) is 0 Å². The third-order valence-electron chi connectivity index (χ3n) is 6.28. The van der Waals surface area contributed by atoms with Crippen LogP contribution in [0.5, 0.6) is 0 Å². The highest BCUT2D eigenvalue weighted by atomic mass is 16.5. The highest BCUT2D eigenvalue weighted by Crippen LogP contribution is 2.55. The minimum atomic E-state index is -0.963. The maximum atomic E-state index is 13.4. The van der Waals surface area contributed by atoms with Crippen LogP contribution in [0.4, 0.5) is 0 Å². The van der Waals surface area contributed by atoms with Gasteiger partial charge >= 0.3 is 5.97 Å². The van der Waals surface area contributed by atoms with Gasteiger partial charge in [-0.1, -0.05) is 72.8 Å². The van der Waals surface area contributed by atoms with Crippen LogP contribution in [0.2, 0.25) is 0 Å². The molecule has 5 heteroatoms. The minimum Gasteiger partial charge on any atom is -0.481 e. The average Bonchev–Trinajstić information content (AvgIpc) is 3.34. The molecule has 1 spiro atoms. The Kier molecular flexibility index (Phi) is 3.88. The molecule has 28 heavy (non-hydrogen) atoms. The summed E-state index contributed by atoms with van der Waals surface area (Å²) in [7, 11) is 0. The van der Waals surface area contributed by atoms with Crippen molar-refractivity contribution in [2.75, 3.05) is 0 Å². The van der Waals surface area contributed by atoms with Gasteiger partial charge in [-0.25, -0.2) is 0 Å². The molecule has 1 amide bonds. The Morgan fingerprint density at radius 2 is 1.68 bits per heavy atom. The van der Waals surface area contributed by atoms with Crippen molar-refractivity contribution in [1.82, 2.24) is 4.90 Å². The molecule has 2 aromatic carbocycles. The number of carboxylic acid groups (broad SMARTS) is 1. The fourth-order valence-electron chi connectivity index (χ4n) is 5.08. The van der Waals surface area contributed by atoms with E-state index < -0.39 is 29.5 Å². The van der Waals surface area contributed by atoms with E-state index in [9.17, 15) is 14.7 Å². The molecular weight excluding hydrogens is 354 g/mol. The van der Waals surface area contributed by atoms with Gasteiger partial charge in [0.25, 0.3) is 0 Å². The van der Waals surface area contributed by atoms with Crippen LogP contribution in [0.3, 0.4) is 0 Å². The van der Waals surface area contributed by atoms with E-state index in [4.69, 9.17) is 4.74 Å². The average molecular weight is 375 g/mol. The molecule has 2 aromatic rings. The predicted molar refractivity (Wildman–Crippen MR) is 102 cm³/mol. The van der Waals surface area contributed by atoms with Gasteiger partial charge in [0.05, 0.1) is 18.1 Å². The zero-order valence-corrected chi connectivity index (χ0v) is 15.3. The molecule has 3 aliphatic heterocycles. The quantitative estimate of drug-likeness (QED) is 0.816. The fraction of sp³-hybridized carbons (Fsp3) is 0.304. The molecular formula is C23H21NO4. The van der Waals surface area contributed by atoms with Crippen LogP contribution in [0.25, 0.3) is 0 Å². The third kappa shape index (κ3) is 2.43. The number of carbonyl (C=O) groups excluding carboxylic acids is 1. The highest BCUT2D eigenvalue weighted by molar-refractivity contribution is 5.91. The molecule has 0 aliphatic carbocycles. The van der Waals surface area contributed by atoms with E-state index in [1.807, 2.05) is 77.7 Å². The Morgan fingerprint density at radius 3 is 2.32 bits per heavy atom. The Labute approximate surface area is 163 Å². The molecule has 5 atom stereocenters. The first kappa shape index (κ1) is 17.2. The van der Waals surface area contributed by atoms with Gasteiger partial charge in [0.15, 0.2) is 0 Å². The molecule has 0 radical (unpaired) electrons. The van der Waals surface area contributed by atoms with Gasteiger partial charge in [0.2, 0.25) is 5.91 Å². The van der Waals surface area contributed by atoms with Crippen LogP contribution in [0.1, 0.15) is 11.1 Å². The zero-order chi connectivity index (χ0) is 19.3. The Hall–Kier alpha value is -2.92. The Bertz CT molecular complexity index is 942. The van der Waals surface area contributed by atoms with Crippen molar-refractivity contribution in [2.24, 2.45) is 11.8 Å². The number of carbonyl (C=O) groups is 2. The van der Waals surface area contributed by atoms with Crippen molar-refractivity contribution < 1.29 is 19.4 Å². The van der Waals surface area contributed by atoms with Crippen LogP contribution in [-0.4, -0.2) is 39.6 Å². The van der Waals surface area contributed by atoms with Gasteiger partial charge in [-0.3, -0.25) is 9.59 Å². The summed E-state index contributed by atoms with van der Waals surface area (Å²) < 4.78 is 6.23. The highest BCUT2D eigenvalue weighted by Gasteiger charge is 2.70. The first-order valence-corrected chi connectivity index (χ1v) is 9.58. The molecule has 3 unspecified atom stereocenters. The predicted octanol–water partition coefficient (Wildman–Crippen LogP) is 2.66. The van der Waals surface area contributed by atoms with Gasteiger partial charge in [-0.15, -0.1) is 0 Å². The first-order chi connectivity index (χ1) is 13.6. The minimum absolute atomic E-state index is 0.121. The van der Waals surface area contributed by atoms with Crippen molar-refractivity contribution >= 4 is 11.9 Å². The lowest BCUT2D eigenvalue weighted by Crippen LogP contribution is -2.46. The molecule has 5 rings (SSSR count). The molecule has 5 nitrogen and oxygen atoms in total. The summed E-state index contributed by atoms with van der Waals surface area (Å²) in [6, 6.07) is 19.6. The number of fused-ring (bicyclic) bond motifs is 1. The van der Waals surface area contributed by atoms with E-state index >= 15 is 0 Å². The smallest absolute Gasteiger partial charge is 0.310 e. The van der Waals surface area contributed by atoms with Crippen LogP contribution in [-0.2, 0) is 27.3 Å². The standard InChI is InChI=1S/C23H21NO4/c25-21-20-19(22(26)27)17-11-12-23(20,28-17)18(13-15-7-3-1-4-8-15)24(21)14-16-9-5-2-6-10-16/h1-12,17-20H,13-14H2,(H,26,27)/t17-,18?,19?,20-,23?/m1/s1. The number of amides is 1. The molecule has 2 saturated heterocycles. The van der Waals surface area contributed by atoms with Crippen LogP contribution in [0, 0.1) is 11.8 Å². The summed E-state index contributed by atoms with van der Waals surface area (Å²) in [5.41, 5.74) is 1.26. The van der Waals surface area contributed by atoms with Crippen molar-refractivity contribution in [3.8, 4) is 0 Å². The third-order valence-corrected chi connectivity index (χ3v) is 6.28. The summed E-state index contributed by atoms with van der Waals surface area (Å²) in [5, 5.41) is 9.76. The van der Waals surface area contributed by atoms with Gasteiger partial charge < -0.3 is 14.7 Å². The molecule has 0 aromatic heterocycles.